The van der Waals surface area contributed by atoms with E-state index in [0.717, 1.165) is 47.0 Å². The number of ether oxygens (including phenoxy) is 1. The number of amidine groups is 2. The van der Waals surface area contributed by atoms with Crippen LogP contribution in [0.5, 0.6) is 5.75 Å². The van der Waals surface area contributed by atoms with Crippen molar-refractivity contribution in [2.75, 3.05) is 23.1 Å². The van der Waals surface area contributed by atoms with E-state index in [1.807, 2.05) is 59.5 Å². The highest BCUT2D eigenvalue weighted by Crippen LogP contribution is 2.42. The normalized spacial score (nSPS) is 19.6. The summed E-state index contributed by atoms with van der Waals surface area (Å²) in [7, 11) is -3.55. The second kappa shape index (κ2) is 9.70. The first-order valence-corrected chi connectivity index (χ1v) is 14.3. The number of sulfonamides is 1. The van der Waals surface area contributed by atoms with E-state index in [4.69, 9.17) is 21.3 Å². The number of aryl methyl sites for hydroxylation is 1. The second-order valence-corrected chi connectivity index (χ2v) is 12.0. The fraction of sp³-hybridized carbons (Fsp3) is 0.357. The molecule has 0 amide bonds. The van der Waals surface area contributed by atoms with Gasteiger partial charge in [-0.1, -0.05) is 24.3 Å². The number of hydrogen-bond acceptors (Lipinski definition) is 5. The smallest absolute Gasteiger partial charge is 0.235 e. The van der Waals surface area contributed by atoms with Crippen LogP contribution in [0.2, 0.25) is 0 Å². The maximum Gasteiger partial charge on any atom is 0.235 e. The zero-order valence-electron chi connectivity index (χ0n) is 21.2. The number of rotatable bonds is 6. The summed E-state index contributed by atoms with van der Waals surface area (Å²) in [6.45, 7) is 4.97. The van der Waals surface area contributed by atoms with Crippen molar-refractivity contribution in [1.82, 2.24) is 4.90 Å². The Labute approximate surface area is 218 Å². The van der Waals surface area contributed by atoms with Gasteiger partial charge in [-0.05, 0) is 78.9 Å². The molecule has 1 saturated heterocycles. The Kier molecular flexibility index (Phi) is 6.58. The van der Waals surface area contributed by atoms with Gasteiger partial charge in [0.25, 0.3) is 0 Å². The predicted molar refractivity (Wildman–Crippen MR) is 148 cm³/mol. The first kappa shape index (κ1) is 25.1. The average Bonchev–Trinajstić information content (AvgIpc) is 3.36. The van der Waals surface area contributed by atoms with Crippen LogP contribution < -0.4 is 14.8 Å². The number of nitrogens with zero attached hydrogens (tertiary/aromatic N) is 2. The van der Waals surface area contributed by atoms with Crippen molar-refractivity contribution in [2.24, 2.45) is 5.73 Å². The van der Waals surface area contributed by atoms with Gasteiger partial charge in [-0.2, -0.15) is 0 Å². The van der Waals surface area contributed by atoms with E-state index in [0.29, 0.717) is 30.1 Å². The molecule has 2 unspecified atom stereocenters. The third-order valence-corrected chi connectivity index (χ3v) is 9.19. The number of nitrogen functional groups attached to an aromatic ring is 1. The van der Waals surface area contributed by atoms with Crippen molar-refractivity contribution in [2.45, 2.75) is 45.3 Å². The van der Waals surface area contributed by atoms with Crippen molar-refractivity contribution in [3.05, 3.63) is 71.3 Å². The highest BCUT2D eigenvalue weighted by atomic mass is 32.2. The summed E-state index contributed by atoms with van der Waals surface area (Å²) < 4.78 is 34.6. The summed E-state index contributed by atoms with van der Waals surface area (Å²) in [5.41, 5.74) is 8.92. The van der Waals surface area contributed by atoms with E-state index in [-0.39, 0.29) is 23.7 Å². The van der Waals surface area contributed by atoms with Crippen LogP contribution in [0, 0.1) is 10.8 Å². The van der Waals surface area contributed by atoms with Crippen LogP contribution in [0.1, 0.15) is 49.4 Å². The number of hydrogen-bond donors (Lipinski definition) is 3. The fourth-order valence-electron chi connectivity index (χ4n) is 5.37. The van der Waals surface area contributed by atoms with Crippen LogP contribution in [0.15, 0.2) is 54.6 Å². The summed E-state index contributed by atoms with van der Waals surface area (Å²) in [6.07, 6.45) is 2.26. The van der Waals surface area contributed by atoms with Crippen molar-refractivity contribution in [1.29, 1.82) is 10.8 Å². The van der Waals surface area contributed by atoms with Crippen molar-refractivity contribution < 1.29 is 13.2 Å². The zero-order valence-corrected chi connectivity index (χ0v) is 22.0. The number of nitrogens with two attached hydrogens (primary N) is 1. The molecule has 0 radical (unpaired) electrons. The second-order valence-electron chi connectivity index (χ2n) is 9.84. The lowest BCUT2D eigenvalue weighted by Gasteiger charge is -2.38. The molecule has 2 heterocycles. The van der Waals surface area contributed by atoms with Gasteiger partial charge in [0.05, 0.1) is 29.9 Å². The van der Waals surface area contributed by atoms with Crippen LogP contribution >= 0.6 is 0 Å². The molecular formula is C28H33N5O3S. The lowest BCUT2D eigenvalue weighted by atomic mass is 9.91. The first-order valence-electron chi connectivity index (χ1n) is 12.7. The minimum atomic E-state index is -3.55. The Hall–Kier alpha value is -3.59. The molecule has 0 spiro atoms. The minimum absolute atomic E-state index is 0.00411. The molecule has 4 N–H and O–H groups in total. The van der Waals surface area contributed by atoms with E-state index in [1.54, 1.807) is 18.2 Å². The molecule has 2 aliphatic rings. The van der Waals surface area contributed by atoms with Gasteiger partial charge in [-0.3, -0.25) is 15.1 Å². The number of fused-ring (bicyclic) bond motifs is 2. The Morgan fingerprint density at radius 3 is 2.54 bits per heavy atom. The van der Waals surface area contributed by atoms with Crippen molar-refractivity contribution in [3.8, 4) is 5.75 Å². The molecule has 2 aliphatic heterocycles. The number of benzene rings is 3. The van der Waals surface area contributed by atoms with E-state index in [9.17, 15) is 8.42 Å². The SMILES string of the molecule is CCS(=O)(=O)N1c2ccc(OC3CCN(C(C)=N)C3)cc2CCC1c1ccc2ccc(C(=N)N)cc2c1. The third kappa shape index (κ3) is 4.87. The molecule has 2 atom stereocenters. The van der Waals surface area contributed by atoms with Crippen molar-refractivity contribution in [3.63, 3.8) is 0 Å². The largest absolute Gasteiger partial charge is 0.489 e. The molecule has 9 heteroatoms. The van der Waals surface area contributed by atoms with Gasteiger partial charge in [0.1, 0.15) is 17.7 Å². The molecule has 1 fully saturated rings. The Bertz CT molecular complexity index is 1490. The first-order chi connectivity index (χ1) is 17.7. The van der Waals surface area contributed by atoms with Crippen LogP contribution in [-0.4, -0.2) is 49.9 Å². The molecule has 0 aliphatic carbocycles. The summed E-state index contributed by atoms with van der Waals surface area (Å²) >= 11 is 0. The summed E-state index contributed by atoms with van der Waals surface area (Å²) in [6, 6.07) is 17.0. The fourth-order valence-corrected chi connectivity index (χ4v) is 6.74. The zero-order chi connectivity index (χ0) is 26.3. The van der Waals surface area contributed by atoms with Gasteiger partial charge >= 0.3 is 0 Å². The Balaban J connectivity index is 1.48. The van der Waals surface area contributed by atoms with Gasteiger partial charge < -0.3 is 15.4 Å². The number of anilines is 1. The number of nitrogens with one attached hydrogen (secondary N) is 2. The van der Waals surface area contributed by atoms with E-state index in [1.165, 1.54) is 0 Å². The van der Waals surface area contributed by atoms with Crippen LogP contribution in [0.3, 0.4) is 0 Å². The molecule has 37 heavy (non-hydrogen) atoms. The van der Waals surface area contributed by atoms with Crippen LogP contribution in [0.25, 0.3) is 10.8 Å². The monoisotopic (exact) mass is 519 g/mol. The topological polar surface area (TPSA) is 124 Å². The molecule has 5 rings (SSSR count). The number of likely N-dealkylation sites (tertiary alicyclic amines) is 1. The van der Waals surface area contributed by atoms with Gasteiger partial charge in [-0.15, -0.1) is 0 Å². The molecule has 0 saturated carbocycles. The van der Waals surface area contributed by atoms with Gasteiger partial charge in [-0.25, -0.2) is 8.42 Å². The summed E-state index contributed by atoms with van der Waals surface area (Å²) in [5, 5.41) is 17.6. The quantitative estimate of drug-likeness (QED) is 0.329. The maximum atomic E-state index is 13.4. The van der Waals surface area contributed by atoms with E-state index < -0.39 is 10.0 Å². The van der Waals surface area contributed by atoms with Crippen LogP contribution in [-0.2, 0) is 16.4 Å². The molecule has 3 aromatic carbocycles. The van der Waals surface area contributed by atoms with Gasteiger partial charge in [0, 0.05) is 18.5 Å². The third-order valence-electron chi connectivity index (χ3n) is 7.41. The molecule has 0 aromatic heterocycles. The molecule has 194 valence electrons. The predicted octanol–water partition coefficient (Wildman–Crippen LogP) is 4.42. The maximum absolute atomic E-state index is 13.4. The Morgan fingerprint density at radius 2 is 1.84 bits per heavy atom. The van der Waals surface area contributed by atoms with Gasteiger partial charge in [0.2, 0.25) is 10.0 Å². The standard InChI is InChI=1S/C28H33N5O3S/c1-3-37(34,35)33-26(20-6-4-19-5-7-22(28(30)31)15-23(19)14-20)10-8-21-16-24(9-11-27(21)33)36-25-12-13-32(17-25)18(2)29/h4-7,9,11,14-16,25-26,29H,3,8,10,12-13,17H2,1-2H3,(H3,30,31). The molecule has 8 nitrogen and oxygen atoms in total. The van der Waals surface area contributed by atoms with Crippen molar-refractivity contribution >= 4 is 38.2 Å². The van der Waals surface area contributed by atoms with Crippen LogP contribution in [0.4, 0.5) is 5.69 Å². The van der Waals surface area contributed by atoms with E-state index >= 15 is 0 Å². The highest BCUT2D eigenvalue weighted by Gasteiger charge is 2.35. The highest BCUT2D eigenvalue weighted by molar-refractivity contribution is 7.92. The lowest BCUT2D eigenvalue weighted by molar-refractivity contribution is 0.214. The molecule has 3 aromatic rings. The lowest BCUT2D eigenvalue weighted by Crippen LogP contribution is -2.39. The molecule has 0 bridgehead atoms. The summed E-state index contributed by atoms with van der Waals surface area (Å²) in [5.74, 6) is 1.30. The average molecular weight is 520 g/mol. The van der Waals surface area contributed by atoms with Gasteiger partial charge in [0.15, 0.2) is 0 Å². The Morgan fingerprint density at radius 1 is 1.05 bits per heavy atom. The minimum Gasteiger partial charge on any atom is -0.489 e. The summed E-state index contributed by atoms with van der Waals surface area (Å²) in [4.78, 5) is 2.01. The molecular weight excluding hydrogens is 486 g/mol. The van der Waals surface area contributed by atoms with E-state index in [2.05, 4.69) is 0 Å².